The van der Waals surface area contributed by atoms with E-state index in [0.29, 0.717) is 24.1 Å². The number of ether oxygens (including phenoxy) is 1. The fourth-order valence-electron chi connectivity index (χ4n) is 1.04. The van der Waals surface area contributed by atoms with E-state index in [1.807, 2.05) is 0 Å². The Bertz CT molecular complexity index is 336. The van der Waals surface area contributed by atoms with Crippen molar-refractivity contribution < 1.29 is 4.74 Å². The number of amidine groups is 1. The van der Waals surface area contributed by atoms with E-state index >= 15 is 0 Å². The van der Waals surface area contributed by atoms with Crippen LogP contribution in [0.1, 0.15) is 26.0 Å². The smallest absolute Gasteiger partial charge is 0.213 e. The number of nitrogens with two attached hydrogens (primary N) is 1. The lowest BCUT2D eigenvalue weighted by atomic mass is 10.1. The molecule has 0 unspecified atom stereocenters. The van der Waals surface area contributed by atoms with Crippen LogP contribution in [0.15, 0.2) is 18.2 Å². The Labute approximate surface area is 90.0 Å². The van der Waals surface area contributed by atoms with Crippen molar-refractivity contribution in [1.29, 1.82) is 5.41 Å². The van der Waals surface area contributed by atoms with Gasteiger partial charge in [0.1, 0.15) is 11.5 Å². The number of rotatable bonds is 5. The Morgan fingerprint density at radius 3 is 2.87 bits per heavy atom. The van der Waals surface area contributed by atoms with Crippen molar-refractivity contribution in [1.82, 2.24) is 4.98 Å². The predicted octanol–water partition coefficient (Wildman–Crippen LogP) is 1.79. The molecule has 0 radical (unpaired) electrons. The average Bonchev–Trinajstić information content (AvgIpc) is 2.17. The number of nitrogens with one attached hydrogen (secondary N) is 1. The van der Waals surface area contributed by atoms with Gasteiger partial charge in [0, 0.05) is 6.07 Å². The van der Waals surface area contributed by atoms with Crippen LogP contribution in [-0.4, -0.2) is 17.4 Å². The minimum Gasteiger partial charge on any atom is -0.478 e. The summed E-state index contributed by atoms with van der Waals surface area (Å²) in [4.78, 5) is 4.10. The van der Waals surface area contributed by atoms with E-state index in [9.17, 15) is 0 Å². The quantitative estimate of drug-likeness (QED) is 0.571. The lowest BCUT2D eigenvalue weighted by Gasteiger charge is -2.07. The maximum atomic E-state index is 7.24. The maximum Gasteiger partial charge on any atom is 0.213 e. The summed E-state index contributed by atoms with van der Waals surface area (Å²) in [5.74, 6) is 1.11. The molecule has 1 heterocycles. The monoisotopic (exact) mass is 207 g/mol. The number of pyridine rings is 1. The molecular formula is C11H17N3O. The Morgan fingerprint density at radius 1 is 1.53 bits per heavy atom. The van der Waals surface area contributed by atoms with Crippen LogP contribution in [-0.2, 0) is 0 Å². The average molecular weight is 207 g/mol. The van der Waals surface area contributed by atoms with Crippen LogP contribution in [0.5, 0.6) is 5.88 Å². The highest BCUT2D eigenvalue weighted by Crippen LogP contribution is 2.08. The Balaban J connectivity index is 2.54. The minimum absolute atomic E-state index is 0.0377. The largest absolute Gasteiger partial charge is 0.478 e. The summed E-state index contributed by atoms with van der Waals surface area (Å²) in [5.41, 5.74) is 5.78. The van der Waals surface area contributed by atoms with Crippen LogP contribution < -0.4 is 10.5 Å². The molecule has 1 aromatic rings. The molecule has 0 saturated carbocycles. The molecule has 0 bridgehead atoms. The number of nitrogens with zero attached hydrogens (tertiary/aromatic N) is 1. The van der Waals surface area contributed by atoms with Gasteiger partial charge in [-0.2, -0.15) is 0 Å². The third kappa shape index (κ3) is 3.97. The van der Waals surface area contributed by atoms with Crippen molar-refractivity contribution in [2.75, 3.05) is 6.61 Å². The van der Waals surface area contributed by atoms with Gasteiger partial charge in [-0.25, -0.2) is 4.98 Å². The summed E-state index contributed by atoms with van der Waals surface area (Å²) in [6.07, 6.45) is 0.992. The first-order chi connectivity index (χ1) is 7.09. The standard InChI is InChI=1S/C11H17N3O/c1-8(2)6-7-15-10-5-3-4-9(14-10)11(12)13/h3-5,8H,6-7H2,1-2H3,(H3,12,13). The maximum absolute atomic E-state index is 7.24. The zero-order valence-corrected chi connectivity index (χ0v) is 9.16. The summed E-state index contributed by atoms with van der Waals surface area (Å²) in [6.45, 7) is 4.93. The zero-order valence-electron chi connectivity index (χ0n) is 9.16. The van der Waals surface area contributed by atoms with Crippen LogP contribution in [0.4, 0.5) is 0 Å². The van der Waals surface area contributed by atoms with Crippen molar-refractivity contribution in [3.05, 3.63) is 23.9 Å². The molecule has 0 aliphatic heterocycles. The van der Waals surface area contributed by atoms with Gasteiger partial charge < -0.3 is 10.5 Å². The van der Waals surface area contributed by atoms with E-state index in [2.05, 4.69) is 18.8 Å². The highest BCUT2D eigenvalue weighted by molar-refractivity contribution is 5.93. The molecule has 1 rings (SSSR count). The Kier molecular flexibility index (Phi) is 4.09. The van der Waals surface area contributed by atoms with Gasteiger partial charge in [0.05, 0.1) is 6.61 Å². The predicted molar refractivity (Wildman–Crippen MR) is 60.2 cm³/mol. The lowest BCUT2D eigenvalue weighted by molar-refractivity contribution is 0.279. The first-order valence-electron chi connectivity index (χ1n) is 5.04. The first-order valence-corrected chi connectivity index (χ1v) is 5.04. The van der Waals surface area contributed by atoms with Gasteiger partial charge >= 0.3 is 0 Å². The van der Waals surface area contributed by atoms with Gasteiger partial charge in [-0.05, 0) is 18.4 Å². The summed E-state index contributed by atoms with van der Waals surface area (Å²) in [7, 11) is 0. The summed E-state index contributed by atoms with van der Waals surface area (Å²) in [6, 6.07) is 5.25. The molecule has 0 aliphatic rings. The van der Waals surface area contributed by atoms with E-state index in [0.717, 1.165) is 6.42 Å². The molecule has 15 heavy (non-hydrogen) atoms. The van der Waals surface area contributed by atoms with Gasteiger partial charge in [-0.3, -0.25) is 5.41 Å². The number of aromatic nitrogens is 1. The van der Waals surface area contributed by atoms with Crippen LogP contribution in [0, 0.1) is 11.3 Å². The highest BCUT2D eigenvalue weighted by Gasteiger charge is 2.01. The highest BCUT2D eigenvalue weighted by atomic mass is 16.5. The van der Waals surface area contributed by atoms with Crippen molar-refractivity contribution >= 4 is 5.84 Å². The SMILES string of the molecule is CC(C)CCOc1cccc(C(=N)N)n1. The Morgan fingerprint density at radius 2 is 2.27 bits per heavy atom. The molecule has 1 aromatic heterocycles. The fraction of sp³-hybridized carbons (Fsp3) is 0.455. The van der Waals surface area contributed by atoms with Gasteiger partial charge in [0.25, 0.3) is 0 Å². The van der Waals surface area contributed by atoms with Gasteiger partial charge in [-0.15, -0.1) is 0 Å². The summed E-state index contributed by atoms with van der Waals surface area (Å²) < 4.78 is 5.44. The second-order valence-corrected chi connectivity index (χ2v) is 3.81. The summed E-state index contributed by atoms with van der Waals surface area (Å²) in [5, 5.41) is 7.24. The van der Waals surface area contributed by atoms with E-state index in [4.69, 9.17) is 15.9 Å². The fourth-order valence-corrected chi connectivity index (χ4v) is 1.04. The topological polar surface area (TPSA) is 72.0 Å². The normalized spacial score (nSPS) is 10.3. The molecule has 0 amide bonds. The molecule has 4 nitrogen and oxygen atoms in total. The molecule has 0 atom stereocenters. The zero-order chi connectivity index (χ0) is 11.3. The van der Waals surface area contributed by atoms with Crippen molar-refractivity contribution in [2.24, 2.45) is 11.7 Å². The lowest BCUT2D eigenvalue weighted by Crippen LogP contribution is -2.13. The molecule has 82 valence electrons. The van der Waals surface area contributed by atoms with Crippen LogP contribution in [0.2, 0.25) is 0 Å². The number of nitrogen functional groups attached to an aromatic ring is 1. The third-order valence-corrected chi connectivity index (χ3v) is 1.94. The third-order valence-electron chi connectivity index (χ3n) is 1.94. The molecule has 0 fully saturated rings. The molecule has 0 aromatic carbocycles. The molecule has 3 N–H and O–H groups in total. The van der Waals surface area contributed by atoms with E-state index in [-0.39, 0.29) is 5.84 Å². The Hall–Kier alpha value is -1.58. The second kappa shape index (κ2) is 5.34. The number of hydrogen-bond donors (Lipinski definition) is 2. The van der Waals surface area contributed by atoms with Crippen molar-refractivity contribution in [2.45, 2.75) is 20.3 Å². The van der Waals surface area contributed by atoms with E-state index in [1.165, 1.54) is 0 Å². The van der Waals surface area contributed by atoms with Crippen molar-refractivity contribution in [3.8, 4) is 5.88 Å². The van der Waals surface area contributed by atoms with Crippen LogP contribution in [0.25, 0.3) is 0 Å². The van der Waals surface area contributed by atoms with Crippen LogP contribution in [0.3, 0.4) is 0 Å². The first kappa shape index (κ1) is 11.5. The van der Waals surface area contributed by atoms with Crippen LogP contribution >= 0.6 is 0 Å². The number of hydrogen-bond acceptors (Lipinski definition) is 3. The molecular weight excluding hydrogens is 190 g/mol. The van der Waals surface area contributed by atoms with Crippen molar-refractivity contribution in [3.63, 3.8) is 0 Å². The molecule has 0 aliphatic carbocycles. The molecule has 0 spiro atoms. The van der Waals surface area contributed by atoms with E-state index < -0.39 is 0 Å². The summed E-state index contributed by atoms with van der Waals surface area (Å²) >= 11 is 0. The van der Waals surface area contributed by atoms with Gasteiger partial charge in [0.2, 0.25) is 5.88 Å². The molecule has 4 heteroatoms. The van der Waals surface area contributed by atoms with Gasteiger partial charge in [-0.1, -0.05) is 19.9 Å². The van der Waals surface area contributed by atoms with Gasteiger partial charge in [0.15, 0.2) is 0 Å². The van der Waals surface area contributed by atoms with E-state index in [1.54, 1.807) is 18.2 Å². The minimum atomic E-state index is -0.0377. The molecule has 0 saturated heterocycles. The second-order valence-electron chi connectivity index (χ2n) is 3.81.